The fraction of sp³-hybridized carbons (Fsp3) is 0.400. The Balaban J connectivity index is 2.69. The highest BCUT2D eigenvalue weighted by molar-refractivity contribution is 5.35. The summed E-state index contributed by atoms with van der Waals surface area (Å²) in [4.78, 5) is 0. The summed E-state index contributed by atoms with van der Waals surface area (Å²) < 4.78 is 0. The van der Waals surface area contributed by atoms with Crippen LogP contribution in [0.2, 0.25) is 0 Å². The van der Waals surface area contributed by atoms with E-state index >= 15 is 0 Å². The van der Waals surface area contributed by atoms with Crippen LogP contribution in [0.4, 0.5) is 0 Å². The van der Waals surface area contributed by atoms with Gasteiger partial charge in [0.25, 0.3) is 0 Å². The van der Waals surface area contributed by atoms with E-state index in [1.807, 2.05) is 19.1 Å². The maximum Gasteiger partial charge on any atom is 0.118 e. The molecule has 0 aliphatic heterocycles. The van der Waals surface area contributed by atoms with Crippen molar-refractivity contribution in [2.45, 2.75) is 19.8 Å². The topological polar surface area (TPSA) is 40.5 Å². The van der Waals surface area contributed by atoms with E-state index in [-0.39, 0.29) is 6.61 Å². The highest BCUT2D eigenvalue weighted by atomic mass is 16.3. The average molecular weight is 166 g/mol. The molecule has 0 heterocycles. The minimum absolute atomic E-state index is 0.203. The maximum absolute atomic E-state index is 9.34. The van der Waals surface area contributed by atoms with Crippen molar-refractivity contribution in [3.05, 3.63) is 29.3 Å². The molecule has 0 saturated carbocycles. The van der Waals surface area contributed by atoms with Gasteiger partial charge in [-0.2, -0.15) is 0 Å². The van der Waals surface area contributed by atoms with Gasteiger partial charge < -0.3 is 10.2 Å². The number of phenols is 1. The molecular weight excluding hydrogens is 152 g/mol. The smallest absolute Gasteiger partial charge is 0.118 e. The van der Waals surface area contributed by atoms with Crippen LogP contribution in [0.1, 0.15) is 17.5 Å². The van der Waals surface area contributed by atoms with Gasteiger partial charge in [-0.15, -0.1) is 0 Å². The van der Waals surface area contributed by atoms with Crippen LogP contribution in [0.5, 0.6) is 5.75 Å². The first kappa shape index (κ1) is 9.07. The number of aromatic hydroxyl groups is 1. The quantitative estimate of drug-likeness (QED) is 0.716. The van der Waals surface area contributed by atoms with E-state index in [0.29, 0.717) is 5.75 Å². The molecular formula is C10H14O2. The number of hydrogen-bond donors (Lipinski definition) is 2. The molecule has 1 rings (SSSR count). The maximum atomic E-state index is 9.34. The van der Waals surface area contributed by atoms with Gasteiger partial charge in [-0.05, 0) is 37.0 Å². The number of benzene rings is 1. The summed E-state index contributed by atoms with van der Waals surface area (Å²) in [6.45, 7) is 2.07. The molecule has 0 bridgehead atoms. The molecule has 2 nitrogen and oxygen atoms in total. The van der Waals surface area contributed by atoms with Crippen LogP contribution < -0.4 is 0 Å². The van der Waals surface area contributed by atoms with Gasteiger partial charge in [0, 0.05) is 6.61 Å². The molecule has 2 heteroatoms. The van der Waals surface area contributed by atoms with Crippen LogP contribution in [0.25, 0.3) is 0 Å². The normalized spacial score (nSPS) is 10.2. The zero-order valence-corrected chi connectivity index (χ0v) is 7.25. The number of phenolic OH excluding ortho intramolecular Hbond substituents is 1. The van der Waals surface area contributed by atoms with Gasteiger partial charge in [0.2, 0.25) is 0 Å². The Labute approximate surface area is 72.5 Å². The monoisotopic (exact) mass is 166 g/mol. The van der Waals surface area contributed by atoms with Crippen molar-refractivity contribution in [1.29, 1.82) is 0 Å². The molecule has 2 N–H and O–H groups in total. The lowest BCUT2D eigenvalue weighted by Gasteiger charge is -2.02. The Morgan fingerprint density at radius 1 is 1.33 bits per heavy atom. The standard InChI is InChI=1S/C10H14O2/c1-8-4-5-9(3-2-6-11)7-10(8)12/h4-5,7,11-12H,2-3,6H2,1H3. The molecule has 0 radical (unpaired) electrons. The minimum Gasteiger partial charge on any atom is -0.508 e. The molecule has 0 atom stereocenters. The third kappa shape index (κ3) is 2.24. The van der Waals surface area contributed by atoms with E-state index in [2.05, 4.69) is 0 Å². The molecule has 0 aliphatic rings. The third-order valence-electron chi connectivity index (χ3n) is 1.90. The fourth-order valence-corrected chi connectivity index (χ4v) is 1.09. The summed E-state index contributed by atoms with van der Waals surface area (Å²) in [6, 6.07) is 5.62. The first-order chi connectivity index (χ1) is 5.74. The average Bonchev–Trinajstić information content (AvgIpc) is 2.07. The zero-order chi connectivity index (χ0) is 8.97. The van der Waals surface area contributed by atoms with Crippen molar-refractivity contribution in [1.82, 2.24) is 0 Å². The predicted molar refractivity (Wildman–Crippen MR) is 48.3 cm³/mol. The van der Waals surface area contributed by atoms with E-state index in [4.69, 9.17) is 5.11 Å². The largest absolute Gasteiger partial charge is 0.508 e. The van der Waals surface area contributed by atoms with Crippen molar-refractivity contribution < 1.29 is 10.2 Å². The lowest BCUT2D eigenvalue weighted by atomic mass is 10.1. The van der Waals surface area contributed by atoms with Crippen molar-refractivity contribution >= 4 is 0 Å². The molecule has 0 saturated heterocycles. The fourth-order valence-electron chi connectivity index (χ4n) is 1.09. The van der Waals surface area contributed by atoms with Crippen LogP contribution in [0.15, 0.2) is 18.2 Å². The molecule has 12 heavy (non-hydrogen) atoms. The molecule has 0 aromatic heterocycles. The van der Waals surface area contributed by atoms with Gasteiger partial charge in [-0.25, -0.2) is 0 Å². The molecule has 1 aromatic rings. The SMILES string of the molecule is Cc1ccc(CCCO)cc1O. The Hall–Kier alpha value is -1.02. The van der Waals surface area contributed by atoms with Crippen molar-refractivity contribution in [2.24, 2.45) is 0 Å². The molecule has 0 fully saturated rings. The van der Waals surface area contributed by atoms with Crippen LogP contribution in [-0.4, -0.2) is 16.8 Å². The molecule has 0 spiro atoms. The second-order valence-electron chi connectivity index (χ2n) is 2.95. The molecule has 0 aliphatic carbocycles. The number of aryl methyl sites for hydroxylation is 2. The van der Waals surface area contributed by atoms with Gasteiger partial charge in [0.1, 0.15) is 5.75 Å². The number of aliphatic hydroxyl groups is 1. The zero-order valence-electron chi connectivity index (χ0n) is 7.25. The number of hydrogen-bond acceptors (Lipinski definition) is 2. The highest BCUT2D eigenvalue weighted by Crippen LogP contribution is 2.17. The summed E-state index contributed by atoms with van der Waals surface area (Å²) in [7, 11) is 0. The van der Waals surface area contributed by atoms with E-state index in [1.165, 1.54) is 0 Å². The van der Waals surface area contributed by atoms with Gasteiger partial charge in [0.05, 0.1) is 0 Å². The Morgan fingerprint density at radius 3 is 2.67 bits per heavy atom. The van der Waals surface area contributed by atoms with Crippen LogP contribution in [-0.2, 0) is 6.42 Å². The van der Waals surface area contributed by atoms with E-state index in [1.54, 1.807) is 6.07 Å². The van der Waals surface area contributed by atoms with E-state index < -0.39 is 0 Å². The van der Waals surface area contributed by atoms with Crippen LogP contribution in [0.3, 0.4) is 0 Å². The van der Waals surface area contributed by atoms with Gasteiger partial charge in [-0.1, -0.05) is 12.1 Å². The van der Waals surface area contributed by atoms with Gasteiger partial charge in [0.15, 0.2) is 0 Å². The van der Waals surface area contributed by atoms with Crippen molar-refractivity contribution in [3.8, 4) is 5.75 Å². The molecule has 1 aromatic carbocycles. The van der Waals surface area contributed by atoms with E-state index in [0.717, 1.165) is 24.0 Å². The van der Waals surface area contributed by atoms with Gasteiger partial charge >= 0.3 is 0 Å². The van der Waals surface area contributed by atoms with Crippen LogP contribution >= 0.6 is 0 Å². The number of rotatable bonds is 3. The Kier molecular flexibility index (Phi) is 3.11. The summed E-state index contributed by atoms with van der Waals surface area (Å²) in [5.41, 5.74) is 1.97. The molecule has 66 valence electrons. The second kappa shape index (κ2) is 4.12. The summed E-state index contributed by atoms with van der Waals surface area (Å²) >= 11 is 0. The Bertz CT molecular complexity index is 256. The van der Waals surface area contributed by atoms with E-state index in [9.17, 15) is 5.11 Å². The second-order valence-corrected chi connectivity index (χ2v) is 2.95. The summed E-state index contributed by atoms with van der Waals surface area (Å²) in [6.07, 6.45) is 1.58. The lowest BCUT2D eigenvalue weighted by Crippen LogP contribution is -1.89. The predicted octanol–water partition coefficient (Wildman–Crippen LogP) is 1.63. The van der Waals surface area contributed by atoms with Crippen molar-refractivity contribution in [3.63, 3.8) is 0 Å². The third-order valence-corrected chi connectivity index (χ3v) is 1.90. The van der Waals surface area contributed by atoms with Gasteiger partial charge in [-0.3, -0.25) is 0 Å². The first-order valence-electron chi connectivity index (χ1n) is 4.13. The minimum atomic E-state index is 0.203. The molecule has 0 unspecified atom stereocenters. The Morgan fingerprint density at radius 2 is 2.08 bits per heavy atom. The lowest BCUT2D eigenvalue weighted by molar-refractivity contribution is 0.288. The molecule has 0 amide bonds. The number of aliphatic hydroxyl groups excluding tert-OH is 1. The summed E-state index contributed by atoms with van der Waals surface area (Å²) in [5.74, 6) is 0.338. The first-order valence-corrected chi connectivity index (χ1v) is 4.13. The van der Waals surface area contributed by atoms with Crippen LogP contribution in [0, 0.1) is 6.92 Å². The highest BCUT2D eigenvalue weighted by Gasteiger charge is 1.97. The summed E-state index contributed by atoms with van der Waals surface area (Å²) in [5, 5.41) is 17.9. The van der Waals surface area contributed by atoms with Crippen molar-refractivity contribution in [2.75, 3.05) is 6.61 Å².